The number of hydrogen-bond donors (Lipinski definition) is 1. The third-order valence-corrected chi connectivity index (χ3v) is 3.80. The van der Waals surface area contributed by atoms with E-state index in [2.05, 4.69) is 18.7 Å². The summed E-state index contributed by atoms with van der Waals surface area (Å²) in [5, 5.41) is 0. The predicted molar refractivity (Wildman–Crippen MR) is 88.0 cm³/mol. The van der Waals surface area contributed by atoms with Gasteiger partial charge in [-0.2, -0.15) is 0 Å². The van der Waals surface area contributed by atoms with Crippen molar-refractivity contribution in [3.05, 3.63) is 23.8 Å². The van der Waals surface area contributed by atoms with Gasteiger partial charge in [0.25, 0.3) is 0 Å². The van der Waals surface area contributed by atoms with E-state index in [1.807, 2.05) is 6.26 Å². The standard InChI is InChI=1S/C14H22N2O2S.ClH/c1-4-16(5-2)8-9-18-14(17)11-6-7-12(15)13(10-11)19-3;/h6-7,10H,4-5,8-9,15H2,1-3H3;1H. The number of rotatable bonds is 7. The average Bonchev–Trinajstić information content (AvgIpc) is 2.44. The number of nitrogen functional groups attached to an aromatic ring is 1. The summed E-state index contributed by atoms with van der Waals surface area (Å²) in [6.45, 7) is 7.30. The van der Waals surface area contributed by atoms with E-state index in [0.717, 1.165) is 24.5 Å². The molecule has 114 valence electrons. The normalized spacial score (nSPS) is 10.2. The maximum absolute atomic E-state index is 11.9. The Kier molecular flexibility index (Phi) is 9.46. The topological polar surface area (TPSA) is 55.6 Å². The molecular weight excluding hydrogens is 296 g/mol. The number of carbonyl (C=O) groups excluding carboxylic acids is 1. The van der Waals surface area contributed by atoms with Gasteiger partial charge >= 0.3 is 5.97 Å². The summed E-state index contributed by atoms with van der Waals surface area (Å²) in [6, 6.07) is 5.22. The lowest BCUT2D eigenvalue weighted by Gasteiger charge is -2.17. The van der Waals surface area contributed by atoms with Crippen molar-refractivity contribution in [1.29, 1.82) is 0 Å². The minimum Gasteiger partial charge on any atom is -0.461 e. The molecule has 0 aliphatic carbocycles. The molecule has 1 aromatic carbocycles. The summed E-state index contributed by atoms with van der Waals surface area (Å²) in [5.74, 6) is -0.289. The number of halogens is 1. The highest BCUT2D eigenvalue weighted by Gasteiger charge is 2.10. The number of likely N-dealkylation sites (N-methyl/N-ethyl adjacent to an activating group) is 1. The number of benzene rings is 1. The first-order chi connectivity index (χ1) is 9.12. The fraction of sp³-hybridized carbons (Fsp3) is 0.500. The molecule has 6 heteroatoms. The first-order valence-electron chi connectivity index (χ1n) is 6.45. The van der Waals surface area contributed by atoms with Crippen LogP contribution in [-0.4, -0.2) is 43.4 Å². The van der Waals surface area contributed by atoms with Crippen molar-refractivity contribution < 1.29 is 9.53 Å². The van der Waals surface area contributed by atoms with Crippen LogP contribution in [0, 0.1) is 0 Å². The molecule has 0 heterocycles. The van der Waals surface area contributed by atoms with Gasteiger partial charge in [0.15, 0.2) is 0 Å². The Labute approximate surface area is 131 Å². The molecule has 0 aromatic heterocycles. The van der Waals surface area contributed by atoms with Crippen LogP contribution in [0.1, 0.15) is 24.2 Å². The van der Waals surface area contributed by atoms with Crippen LogP contribution < -0.4 is 5.73 Å². The fourth-order valence-electron chi connectivity index (χ4n) is 1.73. The van der Waals surface area contributed by atoms with Crippen LogP contribution in [0.5, 0.6) is 0 Å². The lowest BCUT2D eigenvalue weighted by molar-refractivity contribution is 0.0466. The van der Waals surface area contributed by atoms with Gasteiger partial charge in [0, 0.05) is 17.1 Å². The summed E-state index contributed by atoms with van der Waals surface area (Å²) < 4.78 is 5.27. The number of ether oxygens (including phenoxy) is 1. The Bertz CT molecular complexity index is 426. The van der Waals surface area contributed by atoms with Crippen molar-refractivity contribution >= 4 is 35.8 Å². The highest BCUT2D eigenvalue weighted by molar-refractivity contribution is 7.98. The second-order valence-electron chi connectivity index (χ2n) is 4.12. The molecule has 0 fully saturated rings. The van der Waals surface area contributed by atoms with Gasteiger partial charge in [0.2, 0.25) is 0 Å². The monoisotopic (exact) mass is 318 g/mol. The number of thioether (sulfide) groups is 1. The fourth-order valence-corrected chi connectivity index (χ4v) is 2.28. The maximum atomic E-state index is 11.9. The van der Waals surface area contributed by atoms with Crippen LogP contribution in [0.15, 0.2) is 23.1 Å². The van der Waals surface area contributed by atoms with Crippen molar-refractivity contribution in [2.24, 2.45) is 0 Å². The van der Waals surface area contributed by atoms with Crippen LogP contribution in [0.2, 0.25) is 0 Å². The maximum Gasteiger partial charge on any atom is 0.338 e. The molecule has 0 saturated carbocycles. The Morgan fingerprint density at radius 3 is 2.55 bits per heavy atom. The number of nitrogens with two attached hydrogens (primary N) is 1. The molecule has 0 spiro atoms. The molecule has 1 aromatic rings. The van der Waals surface area contributed by atoms with E-state index in [0.29, 0.717) is 17.9 Å². The molecule has 20 heavy (non-hydrogen) atoms. The summed E-state index contributed by atoms with van der Waals surface area (Å²) in [7, 11) is 0. The molecule has 0 radical (unpaired) electrons. The van der Waals surface area contributed by atoms with Gasteiger partial charge in [-0.15, -0.1) is 24.2 Å². The highest BCUT2D eigenvalue weighted by Crippen LogP contribution is 2.24. The SMILES string of the molecule is CCN(CC)CCOC(=O)c1ccc(N)c(SC)c1.Cl. The van der Waals surface area contributed by atoms with Crippen LogP contribution in [0.25, 0.3) is 0 Å². The second kappa shape index (κ2) is 9.91. The minimum absolute atomic E-state index is 0. The first kappa shape index (κ1) is 19.1. The Hall–Kier alpha value is -0.910. The van der Waals surface area contributed by atoms with Crippen molar-refractivity contribution in [2.75, 3.05) is 38.2 Å². The molecule has 0 aliphatic rings. The van der Waals surface area contributed by atoms with Gasteiger partial charge in [-0.3, -0.25) is 0 Å². The lowest BCUT2D eigenvalue weighted by Crippen LogP contribution is -2.27. The smallest absolute Gasteiger partial charge is 0.338 e. The number of esters is 1. The van der Waals surface area contributed by atoms with Gasteiger partial charge in [-0.1, -0.05) is 13.8 Å². The summed E-state index contributed by atoms with van der Waals surface area (Å²) in [6.07, 6.45) is 1.93. The van der Waals surface area contributed by atoms with E-state index in [9.17, 15) is 4.79 Å². The van der Waals surface area contributed by atoms with Crippen LogP contribution in [0.4, 0.5) is 5.69 Å². The van der Waals surface area contributed by atoms with Crippen molar-refractivity contribution in [2.45, 2.75) is 18.7 Å². The van der Waals surface area contributed by atoms with Crippen molar-refractivity contribution in [3.63, 3.8) is 0 Å². The number of hydrogen-bond acceptors (Lipinski definition) is 5. The Balaban J connectivity index is 0.00000361. The van der Waals surface area contributed by atoms with Crippen LogP contribution in [-0.2, 0) is 4.74 Å². The number of nitrogens with zero attached hydrogens (tertiary/aromatic N) is 1. The molecule has 0 atom stereocenters. The van der Waals surface area contributed by atoms with E-state index in [-0.39, 0.29) is 18.4 Å². The Morgan fingerprint density at radius 1 is 1.35 bits per heavy atom. The second-order valence-corrected chi connectivity index (χ2v) is 4.97. The van der Waals surface area contributed by atoms with E-state index in [1.54, 1.807) is 18.2 Å². The van der Waals surface area contributed by atoms with Gasteiger partial charge in [-0.25, -0.2) is 4.79 Å². The van der Waals surface area contributed by atoms with E-state index >= 15 is 0 Å². The largest absolute Gasteiger partial charge is 0.461 e. The van der Waals surface area contributed by atoms with Crippen molar-refractivity contribution in [1.82, 2.24) is 4.90 Å². The summed E-state index contributed by atoms with van der Waals surface area (Å²) in [4.78, 5) is 15.0. The molecule has 1 rings (SSSR count). The number of anilines is 1. The zero-order chi connectivity index (χ0) is 14.3. The van der Waals surface area contributed by atoms with E-state index in [4.69, 9.17) is 10.5 Å². The quantitative estimate of drug-likeness (QED) is 0.476. The van der Waals surface area contributed by atoms with E-state index < -0.39 is 0 Å². The third kappa shape index (κ3) is 5.61. The minimum atomic E-state index is -0.289. The summed E-state index contributed by atoms with van der Waals surface area (Å²) >= 11 is 1.52. The van der Waals surface area contributed by atoms with Gasteiger partial charge in [-0.05, 0) is 37.5 Å². The van der Waals surface area contributed by atoms with Gasteiger partial charge in [0.05, 0.1) is 5.56 Å². The molecule has 4 nitrogen and oxygen atoms in total. The first-order valence-corrected chi connectivity index (χ1v) is 7.67. The molecule has 0 amide bonds. The van der Waals surface area contributed by atoms with Gasteiger partial charge in [0.1, 0.15) is 6.61 Å². The molecule has 0 saturated heterocycles. The average molecular weight is 319 g/mol. The zero-order valence-electron chi connectivity index (χ0n) is 12.2. The van der Waals surface area contributed by atoms with Crippen LogP contribution >= 0.6 is 24.2 Å². The molecular formula is C14H23ClN2O2S. The molecule has 0 bridgehead atoms. The van der Waals surface area contributed by atoms with Crippen LogP contribution in [0.3, 0.4) is 0 Å². The van der Waals surface area contributed by atoms with Crippen molar-refractivity contribution in [3.8, 4) is 0 Å². The zero-order valence-corrected chi connectivity index (χ0v) is 13.9. The molecule has 0 unspecified atom stereocenters. The third-order valence-electron chi connectivity index (χ3n) is 3.00. The number of carbonyl (C=O) groups is 1. The Morgan fingerprint density at radius 2 is 2.00 bits per heavy atom. The predicted octanol–water partition coefficient (Wildman–Crippen LogP) is 2.91. The lowest BCUT2D eigenvalue weighted by atomic mass is 10.2. The molecule has 2 N–H and O–H groups in total. The highest BCUT2D eigenvalue weighted by atomic mass is 35.5. The molecule has 0 aliphatic heterocycles. The summed E-state index contributed by atoms with van der Waals surface area (Å²) in [5.41, 5.74) is 7.04. The van der Waals surface area contributed by atoms with Gasteiger partial charge < -0.3 is 15.4 Å². The van der Waals surface area contributed by atoms with E-state index in [1.165, 1.54) is 11.8 Å².